The summed E-state index contributed by atoms with van der Waals surface area (Å²) in [4.78, 5) is 24.5. The maximum atomic E-state index is 14.1. The number of hydrogen-bond acceptors (Lipinski definition) is 5. The third kappa shape index (κ3) is 5.06. The number of benzene rings is 1. The first-order valence-corrected chi connectivity index (χ1v) is 8.04. The van der Waals surface area contributed by atoms with Crippen molar-refractivity contribution in [3.05, 3.63) is 23.5 Å². The largest absolute Gasteiger partial charge is 0.444 e. The van der Waals surface area contributed by atoms with Gasteiger partial charge < -0.3 is 25.4 Å². The summed E-state index contributed by atoms with van der Waals surface area (Å²) in [5, 5.41) is 15.3. The molecule has 0 aliphatic carbocycles. The highest BCUT2D eigenvalue weighted by Gasteiger charge is 2.27. The number of halogens is 1. The summed E-state index contributed by atoms with van der Waals surface area (Å²) in [5.41, 5.74) is 0.759. The summed E-state index contributed by atoms with van der Waals surface area (Å²) in [5.74, 6) is -0.651. The second kappa shape index (κ2) is 7.26. The van der Waals surface area contributed by atoms with Crippen LogP contribution in [0.5, 0.6) is 0 Å². The molecule has 2 amide bonds. The van der Waals surface area contributed by atoms with Gasteiger partial charge in [0.25, 0.3) is 0 Å². The molecule has 8 heteroatoms. The summed E-state index contributed by atoms with van der Waals surface area (Å²) in [6.45, 7) is 5.34. The Hall–Kier alpha value is -2.35. The molecule has 1 atom stereocenters. The number of hydrogen-bond donors (Lipinski definition) is 3. The lowest BCUT2D eigenvalue weighted by Crippen LogP contribution is -2.39. The Morgan fingerprint density at radius 2 is 2.08 bits per heavy atom. The van der Waals surface area contributed by atoms with E-state index in [1.807, 2.05) is 0 Å². The predicted octanol–water partition coefficient (Wildman–Crippen LogP) is 1.64. The molecule has 3 N–H and O–H groups in total. The number of nitrogens with one attached hydrogen (secondary N) is 2. The minimum Gasteiger partial charge on any atom is -0.444 e. The highest BCUT2D eigenvalue weighted by Crippen LogP contribution is 2.33. The van der Waals surface area contributed by atoms with Crippen LogP contribution in [0.3, 0.4) is 0 Å². The monoisotopic (exact) mass is 353 g/mol. The zero-order valence-corrected chi connectivity index (χ0v) is 14.9. The summed E-state index contributed by atoms with van der Waals surface area (Å²) in [6.07, 6.45) is -1.34. The Labute approximate surface area is 146 Å². The zero-order chi connectivity index (χ0) is 18.8. The van der Waals surface area contributed by atoms with Gasteiger partial charge in [0, 0.05) is 25.8 Å². The molecule has 2 rings (SSSR count). The molecule has 1 aliphatic rings. The zero-order valence-electron chi connectivity index (χ0n) is 14.9. The van der Waals surface area contributed by atoms with Crippen LogP contribution >= 0.6 is 0 Å². The van der Waals surface area contributed by atoms with E-state index < -0.39 is 23.6 Å². The van der Waals surface area contributed by atoms with Crippen molar-refractivity contribution in [2.45, 2.75) is 38.9 Å². The van der Waals surface area contributed by atoms with Crippen molar-refractivity contribution in [3.63, 3.8) is 0 Å². The van der Waals surface area contributed by atoms with Crippen molar-refractivity contribution in [1.29, 1.82) is 0 Å². The standard InChI is InChI=1S/C17H24FN3O4/c1-17(2,3)25-16(24)20-9-12(22)8-19-11-5-10-6-14(23)21(4)15(10)13(18)7-11/h5,7,12,19,22H,6,8-9H2,1-4H3,(H,20,24). The highest BCUT2D eigenvalue weighted by atomic mass is 19.1. The molecule has 1 aromatic rings. The molecule has 0 bridgehead atoms. The Balaban J connectivity index is 1.86. The summed E-state index contributed by atoms with van der Waals surface area (Å²) in [7, 11) is 1.54. The molecule has 0 fully saturated rings. The molecule has 0 radical (unpaired) electrons. The van der Waals surface area contributed by atoms with Gasteiger partial charge >= 0.3 is 6.09 Å². The molecular formula is C17H24FN3O4. The Morgan fingerprint density at radius 1 is 1.40 bits per heavy atom. The Bertz CT molecular complexity index is 673. The van der Waals surface area contributed by atoms with E-state index in [1.54, 1.807) is 26.8 Å². The van der Waals surface area contributed by atoms with E-state index in [4.69, 9.17) is 4.74 Å². The number of aliphatic hydroxyl groups is 1. The molecule has 0 spiro atoms. The molecule has 138 valence electrons. The number of carbonyl (C=O) groups is 2. The molecule has 1 unspecified atom stereocenters. The number of fused-ring (bicyclic) bond motifs is 1. The summed E-state index contributed by atoms with van der Waals surface area (Å²) >= 11 is 0. The van der Waals surface area contributed by atoms with Crippen LogP contribution < -0.4 is 15.5 Å². The molecule has 0 saturated heterocycles. The van der Waals surface area contributed by atoms with E-state index in [2.05, 4.69) is 10.6 Å². The van der Waals surface area contributed by atoms with E-state index in [1.165, 1.54) is 18.0 Å². The van der Waals surface area contributed by atoms with Crippen LogP contribution in [0.15, 0.2) is 12.1 Å². The fraction of sp³-hybridized carbons (Fsp3) is 0.529. The molecule has 0 saturated carbocycles. The number of alkyl carbamates (subject to hydrolysis) is 1. The first kappa shape index (κ1) is 19.0. The lowest BCUT2D eigenvalue weighted by molar-refractivity contribution is -0.117. The van der Waals surface area contributed by atoms with E-state index in [0.29, 0.717) is 16.9 Å². The average molecular weight is 353 g/mol. The topological polar surface area (TPSA) is 90.9 Å². The van der Waals surface area contributed by atoms with Crippen molar-refractivity contribution in [2.24, 2.45) is 0 Å². The second-order valence-electron chi connectivity index (χ2n) is 7.01. The maximum Gasteiger partial charge on any atom is 0.407 e. The predicted molar refractivity (Wildman–Crippen MR) is 92.2 cm³/mol. The number of aliphatic hydroxyl groups excluding tert-OH is 1. The molecule has 1 heterocycles. The van der Waals surface area contributed by atoms with Crippen LogP contribution in [0.25, 0.3) is 0 Å². The average Bonchev–Trinajstić information content (AvgIpc) is 2.76. The third-order valence-corrected chi connectivity index (χ3v) is 3.62. The van der Waals surface area contributed by atoms with Crippen LogP contribution in [0.2, 0.25) is 0 Å². The van der Waals surface area contributed by atoms with Crippen molar-refractivity contribution >= 4 is 23.4 Å². The Kier molecular flexibility index (Phi) is 5.52. The number of likely N-dealkylation sites (N-methyl/N-ethyl adjacent to an activating group) is 1. The maximum absolute atomic E-state index is 14.1. The molecule has 1 aliphatic heterocycles. The van der Waals surface area contributed by atoms with Crippen molar-refractivity contribution in [3.8, 4) is 0 Å². The summed E-state index contributed by atoms with van der Waals surface area (Å²) < 4.78 is 19.2. The van der Waals surface area contributed by atoms with Crippen molar-refractivity contribution < 1.29 is 23.8 Å². The molecule has 7 nitrogen and oxygen atoms in total. The molecular weight excluding hydrogens is 329 g/mol. The van der Waals surface area contributed by atoms with Crippen LogP contribution in [0, 0.1) is 5.82 Å². The fourth-order valence-electron chi connectivity index (χ4n) is 2.50. The van der Waals surface area contributed by atoms with Gasteiger partial charge in [0.05, 0.1) is 18.2 Å². The Morgan fingerprint density at radius 3 is 2.72 bits per heavy atom. The van der Waals surface area contributed by atoms with Gasteiger partial charge in [0.1, 0.15) is 11.4 Å². The van der Waals surface area contributed by atoms with E-state index in [9.17, 15) is 19.1 Å². The smallest absolute Gasteiger partial charge is 0.407 e. The number of carbonyl (C=O) groups excluding carboxylic acids is 2. The number of amides is 2. The second-order valence-corrected chi connectivity index (χ2v) is 7.01. The lowest BCUT2D eigenvalue weighted by atomic mass is 10.1. The van der Waals surface area contributed by atoms with E-state index in [-0.39, 0.29) is 25.4 Å². The third-order valence-electron chi connectivity index (χ3n) is 3.62. The van der Waals surface area contributed by atoms with Gasteiger partial charge in [0.2, 0.25) is 5.91 Å². The van der Waals surface area contributed by atoms with Crippen LogP contribution in [0.1, 0.15) is 26.3 Å². The normalized spacial score (nSPS) is 15.0. The number of anilines is 2. The van der Waals surface area contributed by atoms with Gasteiger partial charge in [-0.3, -0.25) is 4.79 Å². The van der Waals surface area contributed by atoms with Crippen LogP contribution in [-0.2, 0) is 16.0 Å². The van der Waals surface area contributed by atoms with Crippen LogP contribution in [0.4, 0.5) is 20.6 Å². The summed E-state index contributed by atoms with van der Waals surface area (Å²) in [6, 6.07) is 2.97. The van der Waals surface area contributed by atoms with Gasteiger partial charge in [0.15, 0.2) is 0 Å². The van der Waals surface area contributed by atoms with Gasteiger partial charge in [-0.15, -0.1) is 0 Å². The lowest BCUT2D eigenvalue weighted by Gasteiger charge is -2.21. The quantitative estimate of drug-likeness (QED) is 0.749. The van der Waals surface area contributed by atoms with Crippen LogP contribution in [-0.4, -0.2) is 48.9 Å². The highest BCUT2D eigenvalue weighted by molar-refractivity contribution is 6.01. The first-order chi connectivity index (χ1) is 11.6. The SMILES string of the molecule is CN1C(=O)Cc2cc(NCC(O)CNC(=O)OC(C)(C)C)cc(F)c21. The fourth-order valence-corrected chi connectivity index (χ4v) is 2.50. The van der Waals surface area contributed by atoms with E-state index >= 15 is 0 Å². The van der Waals surface area contributed by atoms with E-state index in [0.717, 1.165) is 0 Å². The van der Waals surface area contributed by atoms with Crippen molar-refractivity contribution in [1.82, 2.24) is 5.32 Å². The van der Waals surface area contributed by atoms with Gasteiger partial charge in [-0.1, -0.05) is 0 Å². The number of ether oxygens (including phenoxy) is 1. The van der Waals surface area contributed by atoms with Crippen molar-refractivity contribution in [2.75, 3.05) is 30.4 Å². The van der Waals surface area contributed by atoms with Gasteiger partial charge in [-0.25, -0.2) is 9.18 Å². The molecule has 25 heavy (non-hydrogen) atoms. The molecule has 0 aromatic heterocycles. The number of rotatable bonds is 5. The minimum absolute atomic E-state index is 0.00341. The number of nitrogens with zero attached hydrogens (tertiary/aromatic N) is 1. The minimum atomic E-state index is -0.881. The van der Waals surface area contributed by atoms with Gasteiger partial charge in [-0.2, -0.15) is 0 Å². The molecule has 1 aromatic carbocycles. The first-order valence-electron chi connectivity index (χ1n) is 8.04. The van der Waals surface area contributed by atoms with Gasteiger partial charge in [-0.05, 0) is 38.5 Å².